The minimum atomic E-state index is -3.45. The Morgan fingerprint density at radius 3 is 2.61 bits per heavy atom. The van der Waals surface area contributed by atoms with Crippen molar-refractivity contribution in [1.82, 2.24) is 4.72 Å². The molecule has 1 aliphatic carbocycles. The molecule has 0 saturated heterocycles. The molecule has 7 nitrogen and oxygen atoms in total. The van der Waals surface area contributed by atoms with Crippen molar-refractivity contribution in [2.24, 2.45) is 10.9 Å². The van der Waals surface area contributed by atoms with E-state index >= 15 is 0 Å². The first-order valence-corrected chi connectivity index (χ1v) is 7.59. The van der Waals surface area contributed by atoms with Gasteiger partial charge in [-0.05, 0) is 19.3 Å². The summed E-state index contributed by atoms with van der Waals surface area (Å²) in [5.74, 6) is -0.0864. The molecule has 1 aliphatic rings. The summed E-state index contributed by atoms with van der Waals surface area (Å²) in [7, 11) is -1.93. The number of oxime groups is 1. The van der Waals surface area contributed by atoms with Gasteiger partial charge in [-0.3, -0.25) is 0 Å². The fourth-order valence-corrected chi connectivity index (χ4v) is 3.73. The van der Waals surface area contributed by atoms with Gasteiger partial charge in [-0.2, -0.15) is 0 Å². The Bertz CT molecular complexity index is 388. The highest BCUT2D eigenvalue weighted by molar-refractivity contribution is 7.89. The summed E-state index contributed by atoms with van der Waals surface area (Å²) in [5.41, 5.74) is 4.71. The van der Waals surface area contributed by atoms with Crippen LogP contribution in [0.4, 0.5) is 0 Å². The molecule has 0 unspecified atom stereocenters. The molecule has 0 amide bonds. The number of ether oxygens (including phenoxy) is 1. The highest BCUT2D eigenvalue weighted by atomic mass is 32.2. The van der Waals surface area contributed by atoms with E-state index in [1.807, 2.05) is 0 Å². The van der Waals surface area contributed by atoms with E-state index in [4.69, 9.17) is 15.7 Å². The van der Waals surface area contributed by atoms with E-state index in [9.17, 15) is 8.42 Å². The lowest BCUT2D eigenvalue weighted by molar-refractivity contribution is 0.199. The van der Waals surface area contributed by atoms with Crippen LogP contribution in [0.1, 0.15) is 32.1 Å². The summed E-state index contributed by atoms with van der Waals surface area (Å²) in [6.07, 6.45) is 3.25. The molecule has 0 aliphatic heterocycles. The quantitative estimate of drug-likeness (QED) is 0.199. The number of rotatable bonds is 7. The molecule has 0 aromatic rings. The summed E-state index contributed by atoms with van der Waals surface area (Å²) < 4.78 is 31.3. The highest BCUT2D eigenvalue weighted by Gasteiger charge is 2.41. The summed E-state index contributed by atoms with van der Waals surface area (Å²) in [6.45, 7) is 0.386. The predicted molar refractivity (Wildman–Crippen MR) is 68.0 cm³/mol. The first-order valence-electron chi connectivity index (χ1n) is 5.94. The molecule has 18 heavy (non-hydrogen) atoms. The van der Waals surface area contributed by atoms with E-state index < -0.39 is 15.6 Å². The molecule has 0 aromatic carbocycles. The topological polar surface area (TPSA) is 114 Å². The van der Waals surface area contributed by atoms with Crippen LogP contribution in [0.5, 0.6) is 0 Å². The van der Waals surface area contributed by atoms with Crippen LogP contribution in [0, 0.1) is 0 Å². The summed E-state index contributed by atoms with van der Waals surface area (Å²) in [6, 6.07) is 0. The maximum Gasteiger partial charge on any atom is 0.212 e. The number of hydrogen-bond donors (Lipinski definition) is 3. The van der Waals surface area contributed by atoms with Gasteiger partial charge in [0.05, 0.1) is 11.3 Å². The third-order valence-corrected chi connectivity index (χ3v) is 4.70. The van der Waals surface area contributed by atoms with Crippen molar-refractivity contribution >= 4 is 15.9 Å². The molecular formula is C10H21N3O4S. The Morgan fingerprint density at radius 2 is 2.11 bits per heavy atom. The van der Waals surface area contributed by atoms with Gasteiger partial charge in [-0.15, -0.1) is 0 Å². The van der Waals surface area contributed by atoms with Gasteiger partial charge in [-0.1, -0.05) is 18.0 Å². The van der Waals surface area contributed by atoms with E-state index in [0.29, 0.717) is 25.9 Å². The third-order valence-electron chi connectivity index (χ3n) is 3.17. The lowest BCUT2D eigenvalue weighted by Gasteiger charge is -2.28. The Morgan fingerprint density at radius 1 is 1.50 bits per heavy atom. The lowest BCUT2D eigenvalue weighted by Crippen LogP contribution is -2.56. The minimum absolute atomic E-state index is 0.0265. The first-order chi connectivity index (χ1) is 8.46. The SMILES string of the molecule is COCCCS(=O)(=O)NC1(C(N)=NO)CCCC1. The molecule has 0 spiro atoms. The van der Waals surface area contributed by atoms with Gasteiger partial charge in [0.1, 0.15) is 0 Å². The molecule has 1 fully saturated rings. The average molecular weight is 279 g/mol. The van der Waals surface area contributed by atoms with Crippen LogP contribution in [0.3, 0.4) is 0 Å². The summed E-state index contributed by atoms with van der Waals surface area (Å²) in [5, 5.41) is 11.7. The second-order valence-electron chi connectivity index (χ2n) is 4.54. The zero-order valence-corrected chi connectivity index (χ0v) is 11.4. The molecule has 8 heteroatoms. The maximum atomic E-state index is 11.9. The summed E-state index contributed by atoms with van der Waals surface area (Å²) >= 11 is 0. The van der Waals surface area contributed by atoms with Gasteiger partial charge < -0.3 is 15.7 Å². The van der Waals surface area contributed by atoms with Gasteiger partial charge in [0.25, 0.3) is 0 Å². The van der Waals surface area contributed by atoms with E-state index in [1.165, 1.54) is 7.11 Å². The molecule has 106 valence electrons. The number of nitrogens with one attached hydrogen (secondary N) is 1. The molecule has 4 N–H and O–H groups in total. The fraction of sp³-hybridized carbons (Fsp3) is 0.900. The van der Waals surface area contributed by atoms with Crippen LogP contribution in [-0.2, 0) is 14.8 Å². The molecule has 1 saturated carbocycles. The summed E-state index contributed by atoms with van der Waals surface area (Å²) in [4.78, 5) is 0. The molecule has 1 rings (SSSR count). The zero-order valence-electron chi connectivity index (χ0n) is 10.6. The monoisotopic (exact) mass is 279 g/mol. The number of hydrogen-bond acceptors (Lipinski definition) is 5. The number of amidine groups is 1. The molecule has 0 heterocycles. The van der Waals surface area contributed by atoms with E-state index in [-0.39, 0.29) is 11.6 Å². The molecule has 0 radical (unpaired) electrons. The standard InChI is InChI=1S/C10H21N3O4S/c1-17-7-4-8-18(15,16)13-10(9(11)12-14)5-2-3-6-10/h13-14H,2-8H2,1H3,(H2,11,12). The Hall–Kier alpha value is -0.860. The van der Waals surface area contributed by atoms with Gasteiger partial charge in [0, 0.05) is 13.7 Å². The van der Waals surface area contributed by atoms with Crippen LogP contribution in [0.2, 0.25) is 0 Å². The van der Waals surface area contributed by atoms with Crippen LogP contribution in [0.15, 0.2) is 5.16 Å². The van der Waals surface area contributed by atoms with Gasteiger partial charge >= 0.3 is 0 Å². The first kappa shape index (κ1) is 15.2. The van der Waals surface area contributed by atoms with Crippen LogP contribution in [0.25, 0.3) is 0 Å². The van der Waals surface area contributed by atoms with Crippen molar-refractivity contribution in [3.63, 3.8) is 0 Å². The predicted octanol–water partition coefficient (Wildman–Crippen LogP) is 0.00150. The minimum Gasteiger partial charge on any atom is -0.409 e. The van der Waals surface area contributed by atoms with Crippen molar-refractivity contribution in [2.45, 2.75) is 37.6 Å². The number of nitrogens with zero attached hydrogens (tertiary/aromatic N) is 1. The second-order valence-corrected chi connectivity index (χ2v) is 6.38. The van der Waals surface area contributed by atoms with Crippen molar-refractivity contribution in [3.8, 4) is 0 Å². The Kier molecular flexibility index (Phi) is 5.36. The fourth-order valence-electron chi connectivity index (χ4n) is 2.23. The average Bonchev–Trinajstić information content (AvgIpc) is 2.77. The van der Waals surface area contributed by atoms with E-state index in [0.717, 1.165) is 12.8 Å². The molecule has 0 aromatic heterocycles. The smallest absolute Gasteiger partial charge is 0.212 e. The Labute approximate surface area is 107 Å². The zero-order chi connectivity index (χ0) is 13.6. The van der Waals surface area contributed by atoms with Crippen molar-refractivity contribution in [2.75, 3.05) is 19.5 Å². The molecule has 0 atom stereocenters. The highest BCUT2D eigenvalue weighted by Crippen LogP contribution is 2.30. The molecule has 0 bridgehead atoms. The Balaban J connectivity index is 2.72. The van der Waals surface area contributed by atoms with Gasteiger partial charge in [0.15, 0.2) is 5.84 Å². The maximum absolute atomic E-state index is 11.9. The van der Waals surface area contributed by atoms with Crippen molar-refractivity contribution in [1.29, 1.82) is 0 Å². The van der Waals surface area contributed by atoms with Crippen LogP contribution >= 0.6 is 0 Å². The normalized spacial score (nSPS) is 20.2. The van der Waals surface area contributed by atoms with Crippen LogP contribution in [-0.4, -0.2) is 44.5 Å². The van der Waals surface area contributed by atoms with E-state index in [1.54, 1.807) is 0 Å². The third kappa shape index (κ3) is 3.82. The van der Waals surface area contributed by atoms with E-state index in [2.05, 4.69) is 9.88 Å². The molecular weight excluding hydrogens is 258 g/mol. The van der Waals surface area contributed by atoms with Crippen molar-refractivity contribution < 1.29 is 18.4 Å². The van der Waals surface area contributed by atoms with Gasteiger partial charge in [0.2, 0.25) is 10.0 Å². The number of sulfonamides is 1. The van der Waals surface area contributed by atoms with Gasteiger partial charge in [-0.25, -0.2) is 13.1 Å². The van der Waals surface area contributed by atoms with Crippen molar-refractivity contribution in [3.05, 3.63) is 0 Å². The number of nitrogens with two attached hydrogens (primary N) is 1. The van der Waals surface area contributed by atoms with Crippen LogP contribution < -0.4 is 10.5 Å². The lowest BCUT2D eigenvalue weighted by atomic mass is 9.98. The second kappa shape index (κ2) is 6.35. The largest absolute Gasteiger partial charge is 0.409 e. The number of methoxy groups -OCH3 is 1.